The van der Waals surface area contributed by atoms with Crippen LogP contribution in [0, 0.1) is 0 Å². The van der Waals surface area contributed by atoms with Crippen LogP contribution in [0.3, 0.4) is 0 Å². The first-order valence-electron chi connectivity index (χ1n) is 7.88. The maximum Gasteiger partial charge on any atom is 0.325 e. The summed E-state index contributed by atoms with van der Waals surface area (Å²) < 4.78 is 12.5. The number of halogens is 3. The normalized spacial score (nSPS) is 11.6. The maximum absolute atomic E-state index is 12.3. The van der Waals surface area contributed by atoms with Crippen molar-refractivity contribution in [2.24, 2.45) is 4.99 Å². The third-order valence-electron chi connectivity index (χ3n) is 3.63. The van der Waals surface area contributed by atoms with Crippen molar-refractivity contribution in [2.45, 2.75) is 6.54 Å². The Bertz CT molecular complexity index is 1120. The molecule has 0 fully saturated rings. The molecule has 0 radical (unpaired) electrons. The van der Waals surface area contributed by atoms with Crippen molar-refractivity contribution in [3.63, 3.8) is 0 Å². The fourth-order valence-corrected chi connectivity index (χ4v) is 4.14. The van der Waals surface area contributed by atoms with Gasteiger partial charge >= 0.3 is 5.97 Å². The summed E-state index contributed by atoms with van der Waals surface area (Å²) in [6.45, 7) is -0.414. The van der Waals surface area contributed by atoms with E-state index in [0.29, 0.717) is 26.1 Å². The van der Waals surface area contributed by atoms with Gasteiger partial charge in [0.05, 0.1) is 22.3 Å². The van der Waals surface area contributed by atoms with E-state index in [1.807, 2.05) is 0 Å². The molecule has 1 heterocycles. The highest BCUT2D eigenvalue weighted by Crippen LogP contribution is 2.27. The van der Waals surface area contributed by atoms with Gasteiger partial charge in [0.25, 0.3) is 5.91 Å². The average molecular weight is 460 g/mol. The first-order valence-corrected chi connectivity index (χ1v) is 9.83. The van der Waals surface area contributed by atoms with Crippen LogP contribution >= 0.6 is 46.1 Å². The van der Waals surface area contributed by atoms with E-state index in [4.69, 9.17) is 44.3 Å². The van der Waals surface area contributed by atoms with Crippen molar-refractivity contribution < 1.29 is 19.1 Å². The number of benzene rings is 2. The summed E-state index contributed by atoms with van der Waals surface area (Å²) in [7, 11) is 1.29. The second-order valence-electron chi connectivity index (χ2n) is 5.53. The zero-order valence-electron chi connectivity index (χ0n) is 14.4. The van der Waals surface area contributed by atoms with Gasteiger partial charge in [-0.1, -0.05) is 46.1 Å². The fraction of sp³-hybridized carbons (Fsp3) is 0.167. The molecule has 0 unspecified atom stereocenters. The molecule has 28 heavy (non-hydrogen) atoms. The minimum Gasteiger partial charge on any atom is -0.482 e. The van der Waals surface area contributed by atoms with E-state index in [1.54, 1.807) is 34.9 Å². The third kappa shape index (κ3) is 4.86. The lowest BCUT2D eigenvalue weighted by Gasteiger charge is -2.06. The summed E-state index contributed by atoms with van der Waals surface area (Å²) in [5, 5.41) is 1.29. The Morgan fingerprint density at radius 1 is 1.11 bits per heavy atom. The van der Waals surface area contributed by atoms with Crippen LogP contribution in [0.5, 0.6) is 5.75 Å². The van der Waals surface area contributed by atoms with Crippen LogP contribution in [0.2, 0.25) is 15.1 Å². The van der Waals surface area contributed by atoms with Crippen molar-refractivity contribution in [1.82, 2.24) is 4.57 Å². The Balaban J connectivity index is 1.90. The van der Waals surface area contributed by atoms with Crippen molar-refractivity contribution in [1.29, 1.82) is 0 Å². The van der Waals surface area contributed by atoms with Crippen molar-refractivity contribution in [3.05, 3.63) is 56.3 Å². The number of ether oxygens (including phenoxy) is 2. The number of hydrogen-bond donors (Lipinski definition) is 0. The van der Waals surface area contributed by atoms with Crippen LogP contribution in [0.4, 0.5) is 0 Å². The summed E-state index contributed by atoms with van der Waals surface area (Å²) in [6.07, 6.45) is 0. The molecule has 0 aliphatic carbocycles. The molecule has 0 saturated carbocycles. The number of esters is 1. The van der Waals surface area contributed by atoms with E-state index in [-0.39, 0.29) is 18.2 Å². The fourth-order valence-electron chi connectivity index (χ4n) is 2.35. The number of carbonyl (C=O) groups excluding carboxylic acids is 2. The maximum atomic E-state index is 12.3. The van der Waals surface area contributed by atoms with Gasteiger partial charge in [0.2, 0.25) is 0 Å². The molecule has 3 aromatic rings. The highest BCUT2D eigenvalue weighted by molar-refractivity contribution is 7.16. The Kier molecular flexibility index (Phi) is 6.61. The molecule has 6 nitrogen and oxygen atoms in total. The van der Waals surface area contributed by atoms with Gasteiger partial charge in [0, 0.05) is 10.0 Å². The number of nitrogens with zero attached hydrogens (tertiary/aromatic N) is 2. The average Bonchev–Trinajstić information content (AvgIpc) is 2.96. The van der Waals surface area contributed by atoms with Gasteiger partial charge < -0.3 is 14.0 Å². The number of rotatable bonds is 5. The topological polar surface area (TPSA) is 69.9 Å². The van der Waals surface area contributed by atoms with Gasteiger partial charge in [0.15, 0.2) is 11.4 Å². The summed E-state index contributed by atoms with van der Waals surface area (Å²) >= 11 is 19.1. The van der Waals surface area contributed by atoms with Crippen LogP contribution in [-0.2, 0) is 20.9 Å². The zero-order valence-corrected chi connectivity index (χ0v) is 17.5. The SMILES string of the molecule is COC(=O)Cn1c(=NC(=O)COc2ccc(Cl)cc2Cl)sc2cc(Cl)ccc21. The lowest BCUT2D eigenvalue weighted by Crippen LogP contribution is -2.23. The summed E-state index contributed by atoms with van der Waals surface area (Å²) in [4.78, 5) is 28.5. The van der Waals surface area contributed by atoms with E-state index in [2.05, 4.69) is 4.99 Å². The van der Waals surface area contributed by atoms with Crippen LogP contribution in [-0.4, -0.2) is 30.2 Å². The number of aromatic nitrogens is 1. The number of methoxy groups -OCH3 is 1. The highest BCUT2D eigenvalue weighted by atomic mass is 35.5. The molecule has 0 atom stereocenters. The van der Waals surface area contributed by atoms with Crippen molar-refractivity contribution in [3.8, 4) is 5.75 Å². The summed E-state index contributed by atoms with van der Waals surface area (Å²) in [5.74, 6) is -0.685. The van der Waals surface area contributed by atoms with E-state index in [9.17, 15) is 9.59 Å². The van der Waals surface area contributed by atoms with E-state index < -0.39 is 11.9 Å². The zero-order chi connectivity index (χ0) is 20.3. The molecule has 1 amide bonds. The van der Waals surface area contributed by atoms with E-state index in [0.717, 1.165) is 4.70 Å². The molecule has 146 valence electrons. The molecule has 2 aromatic carbocycles. The summed E-state index contributed by atoms with van der Waals surface area (Å²) in [5.41, 5.74) is 0.716. The number of carbonyl (C=O) groups is 2. The number of thiazole rings is 1. The van der Waals surface area contributed by atoms with Gasteiger partial charge in [-0.2, -0.15) is 4.99 Å². The Morgan fingerprint density at radius 3 is 2.54 bits per heavy atom. The standard InChI is InChI=1S/C18H13Cl3N2O4S/c1-26-17(25)8-23-13-4-2-11(20)7-15(13)28-18(23)22-16(24)9-27-14-5-3-10(19)6-12(14)21/h2-7H,8-9H2,1H3. The molecule has 0 N–H and O–H groups in total. The molecule has 0 spiro atoms. The molecule has 0 aliphatic heterocycles. The van der Waals surface area contributed by atoms with Crippen LogP contribution in [0.25, 0.3) is 10.2 Å². The molecule has 0 aliphatic rings. The number of amides is 1. The van der Waals surface area contributed by atoms with Crippen molar-refractivity contribution >= 4 is 68.2 Å². The van der Waals surface area contributed by atoms with E-state index in [1.165, 1.54) is 24.5 Å². The minimum absolute atomic E-state index is 0.0892. The lowest BCUT2D eigenvalue weighted by molar-refractivity contribution is -0.141. The molecule has 10 heteroatoms. The second-order valence-corrected chi connectivity index (χ2v) is 7.82. The Labute approximate surface area is 178 Å². The van der Waals surface area contributed by atoms with Gasteiger partial charge in [0.1, 0.15) is 12.3 Å². The van der Waals surface area contributed by atoms with Crippen molar-refractivity contribution in [2.75, 3.05) is 13.7 Å². The minimum atomic E-state index is -0.540. The smallest absolute Gasteiger partial charge is 0.325 e. The van der Waals surface area contributed by atoms with Crippen LogP contribution < -0.4 is 9.54 Å². The highest BCUT2D eigenvalue weighted by Gasteiger charge is 2.13. The number of hydrogen-bond acceptors (Lipinski definition) is 5. The Hall–Kier alpha value is -2.06. The molecule has 3 rings (SSSR count). The van der Waals surface area contributed by atoms with Gasteiger partial charge in [-0.3, -0.25) is 9.59 Å². The summed E-state index contributed by atoms with van der Waals surface area (Å²) in [6, 6.07) is 9.87. The van der Waals surface area contributed by atoms with Gasteiger partial charge in [-0.25, -0.2) is 0 Å². The van der Waals surface area contributed by atoms with Crippen LogP contribution in [0.15, 0.2) is 41.4 Å². The quantitative estimate of drug-likeness (QED) is 0.532. The lowest BCUT2D eigenvalue weighted by atomic mass is 10.3. The molecular weight excluding hydrogens is 447 g/mol. The molecule has 1 aromatic heterocycles. The predicted molar refractivity (Wildman–Crippen MR) is 109 cm³/mol. The van der Waals surface area contributed by atoms with E-state index >= 15 is 0 Å². The van der Waals surface area contributed by atoms with Crippen LogP contribution in [0.1, 0.15) is 0 Å². The molecule has 0 bridgehead atoms. The van der Waals surface area contributed by atoms with Gasteiger partial charge in [-0.15, -0.1) is 0 Å². The first-order chi connectivity index (χ1) is 13.4. The molecular formula is C18H13Cl3N2O4S. The number of fused-ring (bicyclic) bond motifs is 1. The predicted octanol–water partition coefficient (Wildman–Crippen LogP) is 4.34. The Morgan fingerprint density at radius 2 is 1.82 bits per heavy atom. The molecule has 0 saturated heterocycles. The third-order valence-corrected chi connectivity index (χ3v) is 5.43. The first kappa shape index (κ1) is 20.7. The largest absolute Gasteiger partial charge is 0.482 e. The second kappa shape index (κ2) is 8.96. The monoisotopic (exact) mass is 458 g/mol. The van der Waals surface area contributed by atoms with Gasteiger partial charge in [-0.05, 0) is 36.4 Å².